The molecule has 5 heteroatoms. The molecular weight excluding hydrogens is 392 g/mol. The summed E-state index contributed by atoms with van der Waals surface area (Å²) in [6.07, 6.45) is 7.68. The van der Waals surface area contributed by atoms with E-state index in [0.717, 1.165) is 39.6 Å². The van der Waals surface area contributed by atoms with Crippen LogP contribution >= 0.6 is 11.3 Å². The van der Waals surface area contributed by atoms with Crippen LogP contribution in [0, 0.1) is 12.3 Å². The van der Waals surface area contributed by atoms with Gasteiger partial charge < -0.3 is 9.30 Å². The van der Waals surface area contributed by atoms with Gasteiger partial charge in [0.05, 0.1) is 23.4 Å². The number of benzene rings is 3. The maximum atomic E-state index is 12.8. The van der Waals surface area contributed by atoms with Gasteiger partial charge in [0.25, 0.3) is 5.91 Å². The lowest BCUT2D eigenvalue weighted by molar-refractivity contribution is 0.0998. The number of amides is 1. The Labute approximate surface area is 179 Å². The molecule has 0 N–H and O–H groups in total. The van der Waals surface area contributed by atoms with Gasteiger partial charge in [-0.25, -0.2) is 0 Å². The fraction of sp³-hybridized carbons (Fsp3) is 0.200. The van der Waals surface area contributed by atoms with Gasteiger partial charge in [0.1, 0.15) is 5.75 Å². The van der Waals surface area contributed by atoms with Crippen LogP contribution in [0.5, 0.6) is 5.75 Å². The summed E-state index contributed by atoms with van der Waals surface area (Å²) in [5.41, 5.74) is 1.51. The number of hydrogen-bond donors (Lipinski definition) is 0. The number of carbonyl (C=O) groups is 1. The molecule has 4 nitrogen and oxygen atoms in total. The van der Waals surface area contributed by atoms with E-state index in [1.54, 1.807) is 12.1 Å². The second kappa shape index (κ2) is 8.98. The Hall–Kier alpha value is -3.36. The van der Waals surface area contributed by atoms with Gasteiger partial charge in [-0.15, -0.1) is 6.42 Å². The molecule has 3 aromatic carbocycles. The molecule has 0 saturated carbocycles. The second-order valence-electron chi connectivity index (χ2n) is 6.95. The highest BCUT2D eigenvalue weighted by Crippen LogP contribution is 2.27. The lowest BCUT2D eigenvalue weighted by Gasteiger charge is -2.05. The number of rotatable bonds is 6. The smallest absolute Gasteiger partial charge is 0.279 e. The van der Waals surface area contributed by atoms with Crippen LogP contribution in [0.2, 0.25) is 0 Å². The van der Waals surface area contributed by atoms with Gasteiger partial charge in [0.15, 0.2) is 4.80 Å². The predicted octanol–water partition coefficient (Wildman–Crippen LogP) is 5.41. The zero-order chi connectivity index (χ0) is 20.9. The summed E-state index contributed by atoms with van der Waals surface area (Å²) in [7, 11) is 0. The fourth-order valence-corrected chi connectivity index (χ4v) is 4.47. The Morgan fingerprint density at radius 3 is 2.70 bits per heavy atom. The molecule has 0 aliphatic rings. The van der Waals surface area contributed by atoms with Crippen molar-refractivity contribution in [1.82, 2.24) is 4.57 Å². The quantitative estimate of drug-likeness (QED) is 0.313. The number of unbranched alkanes of at least 4 members (excludes halogenated alkanes) is 1. The SMILES string of the molecule is C#CCn1c(=NC(=O)c2ccc(OCCCC)cc2)sc2c3ccccc3ccc21. The second-order valence-corrected chi connectivity index (χ2v) is 7.93. The molecule has 0 fully saturated rings. The van der Waals surface area contributed by atoms with Gasteiger partial charge >= 0.3 is 0 Å². The van der Waals surface area contributed by atoms with E-state index < -0.39 is 0 Å². The zero-order valence-corrected chi connectivity index (χ0v) is 17.6. The number of nitrogens with zero attached hydrogens (tertiary/aromatic N) is 2. The van der Waals surface area contributed by atoms with Crippen LogP contribution in [0.3, 0.4) is 0 Å². The molecule has 0 aliphatic heterocycles. The van der Waals surface area contributed by atoms with Crippen LogP contribution in [0.25, 0.3) is 21.0 Å². The molecule has 0 bridgehead atoms. The van der Waals surface area contributed by atoms with Gasteiger partial charge in [-0.1, -0.05) is 60.9 Å². The number of ether oxygens (including phenoxy) is 1. The number of thiazole rings is 1. The van der Waals surface area contributed by atoms with Crippen molar-refractivity contribution in [2.24, 2.45) is 4.99 Å². The number of aromatic nitrogens is 1. The largest absolute Gasteiger partial charge is 0.494 e. The van der Waals surface area contributed by atoms with Gasteiger partial charge in [-0.2, -0.15) is 4.99 Å². The normalized spacial score (nSPS) is 11.7. The van der Waals surface area contributed by atoms with Gasteiger partial charge in [0, 0.05) is 10.9 Å². The van der Waals surface area contributed by atoms with E-state index in [-0.39, 0.29) is 5.91 Å². The Bertz CT molecular complexity index is 1310. The molecular formula is C25H22N2O2S. The van der Waals surface area contributed by atoms with E-state index in [1.165, 1.54) is 11.3 Å². The topological polar surface area (TPSA) is 43.6 Å². The van der Waals surface area contributed by atoms with E-state index in [2.05, 4.69) is 36.0 Å². The number of terminal acetylenes is 1. The monoisotopic (exact) mass is 414 g/mol. The highest BCUT2D eigenvalue weighted by atomic mass is 32.1. The van der Waals surface area contributed by atoms with Crippen LogP contribution in [0.4, 0.5) is 0 Å². The Balaban J connectivity index is 1.72. The van der Waals surface area contributed by atoms with E-state index >= 15 is 0 Å². The molecule has 1 aromatic heterocycles. The van der Waals surface area contributed by atoms with Crippen molar-refractivity contribution in [1.29, 1.82) is 0 Å². The molecule has 1 amide bonds. The summed E-state index contributed by atoms with van der Waals surface area (Å²) in [6.45, 7) is 3.15. The molecule has 0 saturated heterocycles. The van der Waals surface area contributed by atoms with E-state index in [1.807, 2.05) is 34.9 Å². The Morgan fingerprint density at radius 1 is 1.13 bits per heavy atom. The molecule has 30 heavy (non-hydrogen) atoms. The third kappa shape index (κ3) is 4.00. The molecule has 4 rings (SSSR count). The van der Waals surface area contributed by atoms with Crippen LogP contribution in [-0.2, 0) is 6.54 Å². The first kappa shape index (κ1) is 19.9. The summed E-state index contributed by atoms with van der Waals surface area (Å²) in [5, 5.41) is 2.28. The number of carbonyl (C=O) groups excluding carboxylic acids is 1. The van der Waals surface area contributed by atoms with Crippen molar-refractivity contribution in [2.75, 3.05) is 6.61 Å². The van der Waals surface area contributed by atoms with E-state index in [4.69, 9.17) is 11.2 Å². The molecule has 0 unspecified atom stereocenters. The summed E-state index contributed by atoms with van der Waals surface area (Å²) >= 11 is 1.49. The highest BCUT2D eigenvalue weighted by molar-refractivity contribution is 7.17. The minimum atomic E-state index is -0.295. The lowest BCUT2D eigenvalue weighted by atomic mass is 10.1. The molecule has 0 atom stereocenters. The molecule has 1 heterocycles. The average Bonchev–Trinajstić information content (AvgIpc) is 3.12. The zero-order valence-electron chi connectivity index (χ0n) is 16.8. The van der Waals surface area contributed by atoms with Crippen molar-refractivity contribution < 1.29 is 9.53 Å². The highest BCUT2D eigenvalue weighted by Gasteiger charge is 2.11. The van der Waals surface area contributed by atoms with Crippen LogP contribution < -0.4 is 9.54 Å². The van der Waals surface area contributed by atoms with Gasteiger partial charge in [-0.05, 0) is 42.1 Å². The minimum absolute atomic E-state index is 0.295. The Morgan fingerprint density at radius 2 is 1.93 bits per heavy atom. The van der Waals surface area contributed by atoms with Crippen molar-refractivity contribution in [3.05, 3.63) is 71.0 Å². The minimum Gasteiger partial charge on any atom is -0.494 e. The van der Waals surface area contributed by atoms with Crippen molar-refractivity contribution in [3.8, 4) is 18.1 Å². The first-order valence-electron chi connectivity index (χ1n) is 9.97. The lowest BCUT2D eigenvalue weighted by Crippen LogP contribution is -2.16. The van der Waals surface area contributed by atoms with Gasteiger partial charge in [-0.3, -0.25) is 4.79 Å². The van der Waals surface area contributed by atoms with E-state index in [0.29, 0.717) is 23.5 Å². The summed E-state index contributed by atoms with van der Waals surface area (Å²) in [5.74, 6) is 3.14. The first-order chi connectivity index (χ1) is 14.7. The average molecular weight is 415 g/mol. The third-order valence-electron chi connectivity index (χ3n) is 4.89. The van der Waals surface area contributed by atoms with Crippen LogP contribution in [0.15, 0.2) is 65.7 Å². The van der Waals surface area contributed by atoms with Crippen LogP contribution in [-0.4, -0.2) is 17.1 Å². The fourth-order valence-electron chi connectivity index (χ4n) is 3.31. The molecule has 0 spiro atoms. The van der Waals surface area contributed by atoms with Crippen LogP contribution in [0.1, 0.15) is 30.1 Å². The summed E-state index contributed by atoms with van der Waals surface area (Å²) in [4.78, 5) is 17.8. The summed E-state index contributed by atoms with van der Waals surface area (Å²) in [6, 6.07) is 19.4. The standard InChI is InChI=1S/C25H22N2O2S/c1-3-5-17-29-20-13-10-19(11-14-20)24(28)26-25-27(16-4-2)22-15-12-18-8-6-7-9-21(18)23(22)30-25/h2,6-15H,3,5,16-17H2,1H3. The first-order valence-corrected chi connectivity index (χ1v) is 10.8. The molecule has 0 aliphatic carbocycles. The summed E-state index contributed by atoms with van der Waals surface area (Å²) < 4.78 is 8.67. The molecule has 4 aromatic rings. The number of hydrogen-bond acceptors (Lipinski definition) is 3. The predicted molar refractivity (Wildman–Crippen MR) is 123 cm³/mol. The maximum absolute atomic E-state index is 12.8. The van der Waals surface area contributed by atoms with Crippen molar-refractivity contribution in [2.45, 2.75) is 26.3 Å². The van der Waals surface area contributed by atoms with E-state index in [9.17, 15) is 4.79 Å². The third-order valence-corrected chi connectivity index (χ3v) is 6.02. The Kier molecular flexibility index (Phi) is 5.97. The maximum Gasteiger partial charge on any atom is 0.279 e. The molecule has 150 valence electrons. The van der Waals surface area contributed by atoms with Gasteiger partial charge in [0.2, 0.25) is 0 Å². The number of fused-ring (bicyclic) bond motifs is 3. The van der Waals surface area contributed by atoms with Crippen molar-refractivity contribution in [3.63, 3.8) is 0 Å². The molecule has 0 radical (unpaired) electrons. The van der Waals surface area contributed by atoms with Crippen molar-refractivity contribution >= 4 is 38.2 Å².